The number of unbranched alkanes of at least 4 members (excludes halogenated alkanes) is 4. The quantitative estimate of drug-likeness (QED) is 0.527. The third-order valence-corrected chi connectivity index (χ3v) is 2.77. The summed E-state index contributed by atoms with van der Waals surface area (Å²) in [6, 6.07) is 0. The van der Waals surface area contributed by atoms with Gasteiger partial charge < -0.3 is 4.90 Å². The number of rotatable bonds is 9. The van der Waals surface area contributed by atoms with Crippen LogP contribution < -0.4 is 4.90 Å². The predicted molar refractivity (Wildman–Crippen MR) is 60.3 cm³/mol. The van der Waals surface area contributed by atoms with Crippen molar-refractivity contribution < 1.29 is 4.90 Å². The van der Waals surface area contributed by atoms with Crippen LogP contribution in [0.1, 0.15) is 59.3 Å². The van der Waals surface area contributed by atoms with Crippen LogP contribution in [0.3, 0.4) is 0 Å². The molecule has 0 unspecified atom stereocenters. The summed E-state index contributed by atoms with van der Waals surface area (Å²) in [4.78, 5) is 1.81. The van der Waals surface area contributed by atoms with Crippen LogP contribution in [0.25, 0.3) is 0 Å². The molecule has 0 aromatic rings. The van der Waals surface area contributed by atoms with E-state index in [4.69, 9.17) is 0 Å². The Bertz CT molecular complexity index is 81.1. The van der Waals surface area contributed by atoms with Gasteiger partial charge in [0.05, 0.1) is 19.6 Å². The fourth-order valence-corrected chi connectivity index (χ4v) is 1.73. The van der Waals surface area contributed by atoms with Crippen molar-refractivity contribution >= 4 is 0 Å². The smallest absolute Gasteiger partial charge is 0.0770 e. The SMILES string of the molecule is CCCCC[NH+](CC)CCCCC. The van der Waals surface area contributed by atoms with Crippen molar-refractivity contribution in [3.8, 4) is 0 Å². The van der Waals surface area contributed by atoms with Gasteiger partial charge in [-0.05, 0) is 32.6 Å². The minimum Gasteiger partial charge on any atom is -0.335 e. The molecule has 13 heavy (non-hydrogen) atoms. The molecule has 0 fully saturated rings. The zero-order valence-electron chi connectivity index (χ0n) is 9.86. The minimum atomic E-state index is 1.31. The molecule has 0 radical (unpaired) electrons. The van der Waals surface area contributed by atoms with Crippen molar-refractivity contribution in [1.29, 1.82) is 0 Å². The largest absolute Gasteiger partial charge is 0.335 e. The Morgan fingerprint density at radius 1 is 0.692 bits per heavy atom. The first kappa shape index (κ1) is 13.0. The van der Waals surface area contributed by atoms with Crippen LogP contribution in [-0.4, -0.2) is 19.6 Å². The van der Waals surface area contributed by atoms with E-state index in [0.29, 0.717) is 0 Å². The van der Waals surface area contributed by atoms with Gasteiger partial charge in [0.2, 0.25) is 0 Å². The van der Waals surface area contributed by atoms with Gasteiger partial charge in [-0.25, -0.2) is 0 Å². The Kier molecular flexibility index (Phi) is 10.0. The van der Waals surface area contributed by atoms with Crippen molar-refractivity contribution in [2.45, 2.75) is 59.3 Å². The lowest BCUT2D eigenvalue weighted by Crippen LogP contribution is -3.11. The highest BCUT2D eigenvalue weighted by atomic mass is 15.1. The normalized spacial score (nSPS) is 11.1. The summed E-state index contributed by atoms with van der Waals surface area (Å²) in [5, 5.41) is 0. The minimum absolute atomic E-state index is 1.31. The highest BCUT2D eigenvalue weighted by Gasteiger charge is 2.03. The maximum Gasteiger partial charge on any atom is 0.0770 e. The first-order valence-corrected chi connectivity index (χ1v) is 6.18. The fraction of sp³-hybridized carbons (Fsp3) is 1.00. The highest BCUT2D eigenvalue weighted by Crippen LogP contribution is 1.91. The first-order valence-electron chi connectivity index (χ1n) is 6.18. The van der Waals surface area contributed by atoms with Crippen LogP contribution in [0.15, 0.2) is 0 Å². The maximum absolute atomic E-state index is 2.31. The molecule has 0 amide bonds. The molecule has 0 saturated carbocycles. The molecule has 0 aliphatic carbocycles. The van der Waals surface area contributed by atoms with Gasteiger partial charge >= 0.3 is 0 Å². The van der Waals surface area contributed by atoms with Crippen molar-refractivity contribution in [2.75, 3.05) is 19.6 Å². The Morgan fingerprint density at radius 3 is 1.46 bits per heavy atom. The maximum atomic E-state index is 2.31. The lowest BCUT2D eigenvalue weighted by Gasteiger charge is -2.17. The van der Waals surface area contributed by atoms with E-state index in [2.05, 4.69) is 20.8 Å². The molecular weight excluding hydrogens is 158 g/mol. The van der Waals surface area contributed by atoms with Crippen LogP contribution in [0, 0.1) is 0 Å². The zero-order chi connectivity index (χ0) is 9.94. The second-order valence-electron chi connectivity index (χ2n) is 4.02. The molecule has 1 N–H and O–H groups in total. The molecule has 0 aliphatic heterocycles. The van der Waals surface area contributed by atoms with Crippen LogP contribution in [0.2, 0.25) is 0 Å². The van der Waals surface area contributed by atoms with Gasteiger partial charge in [0.1, 0.15) is 0 Å². The van der Waals surface area contributed by atoms with Gasteiger partial charge in [-0.3, -0.25) is 0 Å². The molecule has 0 atom stereocenters. The average molecular weight is 186 g/mol. The summed E-state index contributed by atoms with van der Waals surface area (Å²) < 4.78 is 0. The number of quaternary nitrogens is 1. The van der Waals surface area contributed by atoms with E-state index in [-0.39, 0.29) is 0 Å². The lowest BCUT2D eigenvalue weighted by atomic mass is 10.2. The standard InChI is InChI=1S/C12H27N/c1-4-7-9-11-13(6-3)12-10-8-5-2/h4-12H2,1-3H3/p+1. The van der Waals surface area contributed by atoms with Crippen LogP contribution in [0.4, 0.5) is 0 Å². The molecule has 0 rings (SSSR count). The number of hydrogen-bond donors (Lipinski definition) is 1. The molecular formula is C12H28N+. The summed E-state index contributed by atoms with van der Waals surface area (Å²) in [5.74, 6) is 0. The van der Waals surface area contributed by atoms with Gasteiger partial charge in [0, 0.05) is 0 Å². The Balaban J connectivity index is 3.28. The summed E-state index contributed by atoms with van der Waals surface area (Å²) >= 11 is 0. The van der Waals surface area contributed by atoms with E-state index < -0.39 is 0 Å². The van der Waals surface area contributed by atoms with Crippen molar-refractivity contribution in [1.82, 2.24) is 0 Å². The van der Waals surface area contributed by atoms with E-state index in [1.165, 1.54) is 58.2 Å². The molecule has 1 heteroatoms. The molecule has 0 bridgehead atoms. The van der Waals surface area contributed by atoms with Gasteiger partial charge in [0.25, 0.3) is 0 Å². The van der Waals surface area contributed by atoms with Crippen LogP contribution in [0.5, 0.6) is 0 Å². The van der Waals surface area contributed by atoms with Crippen LogP contribution in [-0.2, 0) is 0 Å². The van der Waals surface area contributed by atoms with Gasteiger partial charge in [-0.15, -0.1) is 0 Å². The monoisotopic (exact) mass is 186 g/mol. The molecule has 80 valence electrons. The molecule has 0 spiro atoms. The van der Waals surface area contributed by atoms with E-state index >= 15 is 0 Å². The number of nitrogens with one attached hydrogen (secondary N) is 1. The van der Waals surface area contributed by atoms with Gasteiger partial charge in [-0.2, -0.15) is 0 Å². The first-order chi connectivity index (χ1) is 6.35. The summed E-state index contributed by atoms with van der Waals surface area (Å²) in [6.45, 7) is 11.0. The van der Waals surface area contributed by atoms with E-state index in [1.54, 1.807) is 0 Å². The Labute approximate surface area is 84.5 Å². The molecule has 0 saturated heterocycles. The zero-order valence-corrected chi connectivity index (χ0v) is 9.86. The van der Waals surface area contributed by atoms with E-state index in [0.717, 1.165) is 0 Å². The lowest BCUT2D eigenvalue weighted by molar-refractivity contribution is -0.898. The Morgan fingerprint density at radius 2 is 1.15 bits per heavy atom. The van der Waals surface area contributed by atoms with E-state index in [1.807, 2.05) is 4.90 Å². The summed E-state index contributed by atoms with van der Waals surface area (Å²) in [7, 11) is 0. The Hall–Kier alpha value is -0.0400. The molecule has 0 heterocycles. The average Bonchev–Trinajstić information content (AvgIpc) is 2.16. The second kappa shape index (κ2) is 10.0. The van der Waals surface area contributed by atoms with Crippen molar-refractivity contribution in [3.63, 3.8) is 0 Å². The van der Waals surface area contributed by atoms with Crippen LogP contribution >= 0.6 is 0 Å². The van der Waals surface area contributed by atoms with Crippen molar-refractivity contribution in [2.24, 2.45) is 0 Å². The molecule has 0 aliphatic rings. The molecule has 1 nitrogen and oxygen atoms in total. The van der Waals surface area contributed by atoms with E-state index in [9.17, 15) is 0 Å². The third kappa shape index (κ3) is 8.29. The third-order valence-electron chi connectivity index (χ3n) is 2.77. The van der Waals surface area contributed by atoms with Gasteiger partial charge in [0.15, 0.2) is 0 Å². The summed E-state index contributed by atoms with van der Waals surface area (Å²) in [6.07, 6.45) is 8.38. The summed E-state index contributed by atoms with van der Waals surface area (Å²) in [5.41, 5.74) is 0. The number of hydrogen-bond acceptors (Lipinski definition) is 0. The fourth-order valence-electron chi connectivity index (χ4n) is 1.73. The second-order valence-corrected chi connectivity index (χ2v) is 4.02. The predicted octanol–water partition coefficient (Wildman–Crippen LogP) is 2.27. The topological polar surface area (TPSA) is 4.44 Å². The van der Waals surface area contributed by atoms with Gasteiger partial charge in [-0.1, -0.05) is 26.7 Å². The molecule has 0 aromatic heterocycles. The molecule has 0 aromatic carbocycles. The van der Waals surface area contributed by atoms with Crippen molar-refractivity contribution in [3.05, 3.63) is 0 Å². The highest BCUT2D eigenvalue weighted by molar-refractivity contribution is 4.38.